The SMILES string of the molecule is CCOC(=O)CCc1ccc(OCC2CCNCC2)c(C)c1. The molecule has 0 amide bonds. The average Bonchev–Trinajstić information content (AvgIpc) is 2.53. The number of nitrogens with one attached hydrogen (secondary N) is 1. The predicted octanol–water partition coefficient (Wildman–Crippen LogP) is 2.87. The van der Waals surface area contributed by atoms with E-state index in [2.05, 4.69) is 18.3 Å². The predicted molar refractivity (Wildman–Crippen MR) is 87.2 cm³/mol. The minimum absolute atomic E-state index is 0.133. The number of carbonyl (C=O) groups excluding carboxylic acids is 1. The standard InChI is InChI=1S/C18H27NO3/c1-3-21-18(20)7-5-15-4-6-17(14(2)12-15)22-13-16-8-10-19-11-9-16/h4,6,12,16,19H,3,5,7-11,13H2,1-2H3. The molecule has 2 rings (SSSR count). The molecule has 0 radical (unpaired) electrons. The summed E-state index contributed by atoms with van der Waals surface area (Å²) in [5.41, 5.74) is 2.29. The maximum absolute atomic E-state index is 11.4. The number of ether oxygens (including phenoxy) is 2. The van der Waals surface area contributed by atoms with E-state index in [9.17, 15) is 4.79 Å². The van der Waals surface area contributed by atoms with Gasteiger partial charge in [-0.1, -0.05) is 12.1 Å². The number of benzene rings is 1. The summed E-state index contributed by atoms with van der Waals surface area (Å²) in [7, 11) is 0. The van der Waals surface area contributed by atoms with E-state index in [1.165, 1.54) is 12.8 Å². The highest BCUT2D eigenvalue weighted by molar-refractivity contribution is 5.69. The third kappa shape index (κ3) is 5.34. The van der Waals surface area contributed by atoms with Crippen LogP contribution in [-0.4, -0.2) is 32.3 Å². The van der Waals surface area contributed by atoms with E-state index in [4.69, 9.17) is 9.47 Å². The highest BCUT2D eigenvalue weighted by atomic mass is 16.5. The van der Waals surface area contributed by atoms with Crippen molar-refractivity contribution >= 4 is 5.97 Å². The Hall–Kier alpha value is -1.55. The fourth-order valence-corrected chi connectivity index (χ4v) is 2.76. The minimum atomic E-state index is -0.133. The van der Waals surface area contributed by atoms with E-state index in [0.717, 1.165) is 36.6 Å². The smallest absolute Gasteiger partial charge is 0.306 e. The molecule has 4 nitrogen and oxygen atoms in total. The van der Waals surface area contributed by atoms with Crippen LogP contribution in [0.2, 0.25) is 0 Å². The van der Waals surface area contributed by atoms with Gasteiger partial charge >= 0.3 is 5.97 Å². The number of rotatable bonds is 7. The lowest BCUT2D eigenvalue weighted by Gasteiger charge is -2.23. The summed E-state index contributed by atoms with van der Waals surface area (Å²) in [6.07, 6.45) is 3.53. The van der Waals surface area contributed by atoms with E-state index in [1.54, 1.807) is 0 Å². The summed E-state index contributed by atoms with van der Waals surface area (Å²) in [5, 5.41) is 3.37. The zero-order valence-electron chi connectivity index (χ0n) is 13.7. The van der Waals surface area contributed by atoms with Crippen LogP contribution in [0.1, 0.15) is 37.3 Å². The normalized spacial score (nSPS) is 15.5. The molecular formula is C18H27NO3. The molecule has 0 aromatic heterocycles. The highest BCUT2D eigenvalue weighted by Gasteiger charge is 2.14. The zero-order valence-corrected chi connectivity index (χ0v) is 13.7. The molecule has 4 heteroatoms. The van der Waals surface area contributed by atoms with Crippen LogP contribution in [0.15, 0.2) is 18.2 Å². The second-order valence-electron chi connectivity index (χ2n) is 5.91. The van der Waals surface area contributed by atoms with Gasteiger partial charge in [0.05, 0.1) is 13.2 Å². The molecular weight excluding hydrogens is 278 g/mol. The van der Waals surface area contributed by atoms with Crippen LogP contribution < -0.4 is 10.1 Å². The quantitative estimate of drug-likeness (QED) is 0.787. The van der Waals surface area contributed by atoms with Crippen LogP contribution in [0.25, 0.3) is 0 Å². The van der Waals surface area contributed by atoms with Crippen molar-refractivity contribution in [1.29, 1.82) is 0 Å². The Labute approximate surface area is 133 Å². The number of carbonyl (C=O) groups is 1. The molecule has 1 N–H and O–H groups in total. The molecule has 0 bridgehead atoms. The monoisotopic (exact) mass is 305 g/mol. The molecule has 1 aliphatic rings. The van der Waals surface area contributed by atoms with Gasteiger partial charge in [-0.2, -0.15) is 0 Å². The van der Waals surface area contributed by atoms with Gasteiger partial charge in [0.25, 0.3) is 0 Å². The molecule has 1 aromatic rings. The molecule has 0 atom stereocenters. The maximum atomic E-state index is 11.4. The lowest BCUT2D eigenvalue weighted by molar-refractivity contribution is -0.143. The molecule has 0 saturated carbocycles. The minimum Gasteiger partial charge on any atom is -0.493 e. The van der Waals surface area contributed by atoms with E-state index >= 15 is 0 Å². The summed E-state index contributed by atoms with van der Waals surface area (Å²) in [6.45, 7) is 7.33. The maximum Gasteiger partial charge on any atom is 0.306 e. The fraction of sp³-hybridized carbons (Fsp3) is 0.611. The Morgan fingerprint density at radius 2 is 2.09 bits per heavy atom. The lowest BCUT2D eigenvalue weighted by Crippen LogP contribution is -2.30. The van der Waals surface area contributed by atoms with Gasteiger partial charge in [0.2, 0.25) is 0 Å². The summed E-state index contributed by atoms with van der Waals surface area (Å²) < 4.78 is 10.9. The first-order valence-electron chi connectivity index (χ1n) is 8.27. The van der Waals surface area contributed by atoms with Crippen molar-refractivity contribution in [2.75, 3.05) is 26.3 Å². The fourth-order valence-electron chi connectivity index (χ4n) is 2.76. The molecule has 0 unspecified atom stereocenters. The first-order valence-corrected chi connectivity index (χ1v) is 8.27. The summed E-state index contributed by atoms with van der Waals surface area (Å²) >= 11 is 0. The Balaban J connectivity index is 1.82. The topological polar surface area (TPSA) is 47.6 Å². The van der Waals surface area contributed by atoms with Crippen molar-refractivity contribution in [3.63, 3.8) is 0 Å². The van der Waals surface area contributed by atoms with Crippen LogP contribution in [0.3, 0.4) is 0 Å². The third-order valence-electron chi connectivity index (χ3n) is 4.10. The lowest BCUT2D eigenvalue weighted by atomic mass is 9.99. The molecule has 1 saturated heterocycles. The molecule has 0 spiro atoms. The van der Waals surface area contributed by atoms with Crippen LogP contribution >= 0.6 is 0 Å². The summed E-state index contributed by atoms with van der Waals surface area (Å²) in [5.74, 6) is 1.48. The van der Waals surface area contributed by atoms with Crippen molar-refractivity contribution in [2.24, 2.45) is 5.92 Å². The van der Waals surface area contributed by atoms with Crippen molar-refractivity contribution in [3.05, 3.63) is 29.3 Å². The van der Waals surface area contributed by atoms with Gasteiger partial charge in [-0.25, -0.2) is 0 Å². The van der Waals surface area contributed by atoms with Gasteiger partial charge < -0.3 is 14.8 Å². The number of aryl methyl sites for hydroxylation is 2. The second-order valence-corrected chi connectivity index (χ2v) is 5.91. The van der Waals surface area contributed by atoms with Gasteiger partial charge in [-0.3, -0.25) is 4.79 Å². The Kier molecular flexibility index (Phi) is 6.72. The average molecular weight is 305 g/mol. The van der Waals surface area contributed by atoms with Crippen molar-refractivity contribution in [3.8, 4) is 5.75 Å². The Morgan fingerprint density at radius 1 is 1.32 bits per heavy atom. The molecule has 122 valence electrons. The molecule has 1 fully saturated rings. The molecule has 0 aliphatic carbocycles. The second kappa shape index (κ2) is 8.79. The van der Waals surface area contributed by atoms with Crippen LogP contribution in [0.5, 0.6) is 5.75 Å². The summed E-state index contributed by atoms with van der Waals surface area (Å²) in [4.78, 5) is 11.4. The van der Waals surface area contributed by atoms with Gasteiger partial charge in [-0.05, 0) is 69.3 Å². The molecule has 1 heterocycles. The van der Waals surface area contributed by atoms with Crippen LogP contribution in [0, 0.1) is 12.8 Å². The van der Waals surface area contributed by atoms with Crippen molar-refractivity contribution in [1.82, 2.24) is 5.32 Å². The first-order chi connectivity index (χ1) is 10.7. The third-order valence-corrected chi connectivity index (χ3v) is 4.10. The highest BCUT2D eigenvalue weighted by Crippen LogP contribution is 2.22. The number of esters is 1. The van der Waals surface area contributed by atoms with Gasteiger partial charge in [0.15, 0.2) is 0 Å². The van der Waals surface area contributed by atoms with Gasteiger partial charge in [0, 0.05) is 6.42 Å². The largest absolute Gasteiger partial charge is 0.493 e. The van der Waals surface area contributed by atoms with E-state index in [0.29, 0.717) is 25.4 Å². The first kappa shape index (κ1) is 16.8. The summed E-state index contributed by atoms with van der Waals surface area (Å²) in [6, 6.07) is 6.18. The van der Waals surface area contributed by atoms with Gasteiger partial charge in [-0.15, -0.1) is 0 Å². The van der Waals surface area contributed by atoms with Gasteiger partial charge in [0.1, 0.15) is 5.75 Å². The van der Waals surface area contributed by atoms with Crippen molar-refractivity contribution < 1.29 is 14.3 Å². The number of piperidine rings is 1. The van der Waals surface area contributed by atoms with E-state index in [-0.39, 0.29) is 5.97 Å². The van der Waals surface area contributed by atoms with E-state index in [1.807, 2.05) is 19.1 Å². The zero-order chi connectivity index (χ0) is 15.8. The molecule has 1 aromatic carbocycles. The molecule has 22 heavy (non-hydrogen) atoms. The van der Waals surface area contributed by atoms with E-state index < -0.39 is 0 Å². The molecule has 1 aliphatic heterocycles. The van der Waals surface area contributed by atoms with Crippen molar-refractivity contribution in [2.45, 2.75) is 39.5 Å². The van der Waals surface area contributed by atoms with Crippen LogP contribution in [0.4, 0.5) is 0 Å². The Morgan fingerprint density at radius 3 is 2.77 bits per heavy atom. The van der Waals surface area contributed by atoms with Crippen LogP contribution in [-0.2, 0) is 16.0 Å². The Bertz CT molecular complexity index is 481. The number of hydrogen-bond donors (Lipinski definition) is 1. The number of hydrogen-bond acceptors (Lipinski definition) is 4.